The molecule has 4 rings (SSSR count). The van der Waals surface area contributed by atoms with Crippen LogP contribution in [0.1, 0.15) is 46.0 Å². The van der Waals surface area contributed by atoms with Crippen LogP contribution in [-0.2, 0) is 9.53 Å². The smallest absolute Gasteiger partial charge is 0.323 e. The lowest BCUT2D eigenvalue weighted by molar-refractivity contribution is -0.152. The molecule has 0 spiro atoms. The van der Waals surface area contributed by atoms with Gasteiger partial charge >= 0.3 is 5.97 Å². The van der Waals surface area contributed by atoms with Crippen LogP contribution in [-0.4, -0.2) is 51.4 Å². The first kappa shape index (κ1) is 19.8. The zero-order chi connectivity index (χ0) is 20.2. The van der Waals surface area contributed by atoms with Crippen molar-refractivity contribution < 1.29 is 14.3 Å². The van der Waals surface area contributed by atoms with Crippen LogP contribution in [0.25, 0.3) is 11.4 Å². The summed E-state index contributed by atoms with van der Waals surface area (Å²) >= 11 is 0. The molecule has 1 aliphatic carbocycles. The number of H-pyrrole nitrogens is 1. The molecule has 0 bridgehead atoms. The molecule has 2 aromatic rings. The lowest BCUT2D eigenvalue weighted by Gasteiger charge is -2.42. The fraction of sp³-hybridized carbons (Fsp3) is 0.619. The third-order valence-corrected chi connectivity index (χ3v) is 6.20. The SMILES string of the molecule is CCC(C)OC(=O)[C@@H]1C[C@H]2C[C@@H](Oc3ccccc3-c3nn[nH]n3)CC[C@H]2CN1. The second kappa shape index (κ2) is 8.90. The molecule has 2 aliphatic rings. The molecule has 0 amide bonds. The van der Waals surface area contributed by atoms with Crippen LogP contribution in [0.2, 0.25) is 0 Å². The highest BCUT2D eigenvalue weighted by Crippen LogP contribution is 2.38. The molecule has 2 N–H and O–H groups in total. The minimum absolute atomic E-state index is 0.0360. The van der Waals surface area contributed by atoms with E-state index in [9.17, 15) is 4.79 Å². The van der Waals surface area contributed by atoms with Crippen molar-refractivity contribution in [2.24, 2.45) is 11.8 Å². The molecule has 1 unspecified atom stereocenters. The van der Waals surface area contributed by atoms with Gasteiger partial charge in [0.2, 0.25) is 5.82 Å². The standard InChI is InChI=1S/C21H29N5O3/c1-3-13(2)28-21(27)18-11-15-10-16(9-8-14(15)12-22-18)29-19-7-5-4-6-17(19)20-23-25-26-24-20/h4-7,13-16,18,22H,3,8-12H2,1-2H3,(H,23,24,25,26)/t13?,14-,15+,16-,18-/m0/s1. The van der Waals surface area contributed by atoms with Gasteiger partial charge in [-0.15, -0.1) is 10.2 Å². The zero-order valence-electron chi connectivity index (χ0n) is 17.0. The van der Waals surface area contributed by atoms with Gasteiger partial charge in [0.25, 0.3) is 0 Å². The third kappa shape index (κ3) is 4.58. The van der Waals surface area contributed by atoms with E-state index in [1.807, 2.05) is 38.1 Å². The molecule has 1 aromatic carbocycles. The molecule has 8 nitrogen and oxygen atoms in total. The van der Waals surface area contributed by atoms with E-state index in [0.29, 0.717) is 17.7 Å². The molecular weight excluding hydrogens is 370 g/mol. The molecular formula is C21H29N5O3. The molecule has 156 valence electrons. The number of nitrogens with one attached hydrogen (secondary N) is 2. The van der Waals surface area contributed by atoms with Crippen molar-refractivity contribution in [3.8, 4) is 17.1 Å². The maximum atomic E-state index is 12.5. The number of carbonyl (C=O) groups is 1. The maximum Gasteiger partial charge on any atom is 0.323 e. The number of hydrogen-bond donors (Lipinski definition) is 2. The Bertz CT molecular complexity index is 812. The first-order chi connectivity index (χ1) is 14.1. The molecule has 0 radical (unpaired) electrons. The van der Waals surface area contributed by atoms with E-state index in [1.54, 1.807) is 0 Å². The summed E-state index contributed by atoms with van der Waals surface area (Å²) in [5.74, 6) is 2.24. The van der Waals surface area contributed by atoms with Crippen LogP contribution in [0.3, 0.4) is 0 Å². The van der Waals surface area contributed by atoms with Crippen molar-refractivity contribution in [3.63, 3.8) is 0 Å². The molecule has 2 heterocycles. The topological polar surface area (TPSA) is 102 Å². The van der Waals surface area contributed by atoms with Crippen LogP contribution >= 0.6 is 0 Å². The van der Waals surface area contributed by atoms with Gasteiger partial charge in [-0.25, -0.2) is 0 Å². The quantitative estimate of drug-likeness (QED) is 0.720. The van der Waals surface area contributed by atoms with Crippen LogP contribution in [0.5, 0.6) is 5.75 Å². The maximum absolute atomic E-state index is 12.5. The van der Waals surface area contributed by atoms with Crippen molar-refractivity contribution in [1.29, 1.82) is 0 Å². The summed E-state index contributed by atoms with van der Waals surface area (Å²) in [5.41, 5.74) is 0.837. The summed E-state index contributed by atoms with van der Waals surface area (Å²) in [7, 11) is 0. The fourth-order valence-electron chi connectivity index (χ4n) is 4.38. The number of aromatic amines is 1. The molecule has 29 heavy (non-hydrogen) atoms. The average Bonchev–Trinajstić information content (AvgIpc) is 3.28. The second-order valence-corrected chi connectivity index (χ2v) is 8.16. The molecule has 1 saturated carbocycles. The van der Waals surface area contributed by atoms with Gasteiger partial charge in [-0.1, -0.05) is 19.1 Å². The highest BCUT2D eigenvalue weighted by Gasteiger charge is 2.39. The van der Waals surface area contributed by atoms with Gasteiger partial charge in [-0.2, -0.15) is 5.21 Å². The third-order valence-electron chi connectivity index (χ3n) is 6.20. The predicted molar refractivity (Wildman–Crippen MR) is 107 cm³/mol. The number of benzene rings is 1. The number of fused-ring (bicyclic) bond motifs is 1. The van der Waals surface area contributed by atoms with Gasteiger partial charge < -0.3 is 14.8 Å². The summed E-state index contributed by atoms with van der Waals surface area (Å²) in [4.78, 5) is 12.5. The molecule has 2 fully saturated rings. The average molecular weight is 399 g/mol. The van der Waals surface area contributed by atoms with Crippen molar-refractivity contribution >= 4 is 5.97 Å². The van der Waals surface area contributed by atoms with Gasteiger partial charge in [0.05, 0.1) is 17.8 Å². The van der Waals surface area contributed by atoms with E-state index < -0.39 is 0 Å². The first-order valence-corrected chi connectivity index (χ1v) is 10.6. The minimum atomic E-state index is -0.212. The number of ether oxygens (including phenoxy) is 2. The Morgan fingerprint density at radius 1 is 1.24 bits per heavy atom. The van der Waals surface area contributed by atoms with Gasteiger partial charge in [-0.3, -0.25) is 4.79 Å². The number of aromatic nitrogens is 4. The summed E-state index contributed by atoms with van der Waals surface area (Å²) in [6, 6.07) is 7.57. The van der Waals surface area contributed by atoms with Crippen molar-refractivity contribution in [3.05, 3.63) is 24.3 Å². The van der Waals surface area contributed by atoms with Gasteiger partial charge in [0.1, 0.15) is 11.8 Å². The zero-order valence-corrected chi connectivity index (χ0v) is 17.0. The molecule has 1 aliphatic heterocycles. The van der Waals surface area contributed by atoms with E-state index in [0.717, 1.165) is 50.0 Å². The lowest BCUT2D eigenvalue weighted by Crippen LogP contribution is -2.51. The Labute approximate surface area is 170 Å². The summed E-state index contributed by atoms with van der Waals surface area (Å²) in [6.07, 6.45) is 4.78. The number of piperidine rings is 1. The van der Waals surface area contributed by atoms with Gasteiger partial charge in [0, 0.05) is 0 Å². The molecule has 8 heteroatoms. The number of esters is 1. The minimum Gasteiger partial charge on any atom is -0.490 e. The normalized spacial score (nSPS) is 27.7. The van der Waals surface area contributed by atoms with E-state index >= 15 is 0 Å². The highest BCUT2D eigenvalue weighted by atomic mass is 16.5. The molecule has 5 atom stereocenters. The fourth-order valence-corrected chi connectivity index (χ4v) is 4.38. The molecule has 1 saturated heterocycles. The van der Waals surface area contributed by atoms with E-state index in [1.165, 1.54) is 0 Å². The first-order valence-electron chi connectivity index (χ1n) is 10.6. The Balaban J connectivity index is 1.40. The van der Waals surface area contributed by atoms with Crippen molar-refractivity contribution in [1.82, 2.24) is 25.9 Å². The Hall–Kier alpha value is -2.48. The van der Waals surface area contributed by atoms with Gasteiger partial charge in [-0.05, 0) is 74.8 Å². The predicted octanol–water partition coefficient (Wildman–Crippen LogP) is 2.73. The van der Waals surface area contributed by atoms with E-state index in [2.05, 4.69) is 25.9 Å². The van der Waals surface area contributed by atoms with E-state index in [-0.39, 0.29) is 24.2 Å². The summed E-state index contributed by atoms with van der Waals surface area (Å²) in [6.45, 7) is 4.84. The van der Waals surface area contributed by atoms with Crippen molar-refractivity contribution in [2.45, 2.75) is 64.2 Å². The van der Waals surface area contributed by atoms with E-state index in [4.69, 9.17) is 9.47 Å². The summed E-state index contributed by atoms with van der Waals surface area (Å²) < 4.78 is 11.9. The number of nitrogens with zero attached hydrogens (tertiary/aromatic N) is 3. The lowest BCUT2D eigenvalue weighted by atomic mass is 9.72. The Morgan fingerprint density at radius 2 is 2.10 bits per heavy atom. The summed E-state index contributed by atoms with van der Waals surface area (Å²) in [5, 5.41) is 17.7. The van der Waals surface area contributed by atoms with Gasteiger partial charge in [0.15, 0.2) is 0 Å². The largest absolute Gasteiger partial charge is 0.490 e. The Kier molecular flexibility index (Phi) is 6.08. The monoisotopic (exact) mass is 399 g/mol. The molecule has 1 aromatic heterocycles. The van der Waals surface area contributed by atoms with Crippen LogP contribution in [0.15, 0.2) is 24.3 Å². The number of carbonyl (C=O) groups excluding carboxylic acids is 1. The highest BCUT2D eigenvalue weighted by molar-refractivity contribution is 5.76. The number of hydrogen-bond acceptors (Lipinski definition) is 7. The number of para-hydroxylation sites is 1. The van der Waals surface area contributed by atoms with Crippen LogP contribution < -0.4 is 10.1 Å². The number of tetrazole rings is 1. The van der Waals surface area contributed by atoms with Crippen LogP contribution in [0, 0.1) is 11.8 Å². The van der Waals surface area contributed by atoms with Crippen molar-refractivity contribution in [2.75, 3.05) is 6.54 Å². The second-order valence-electron chi connectivity index (χ2n) is 8.16. The van der Waals surface area contributed by atoms with Crippen LogP contribution in [0.4, 0.5) is 0 Å². The number of rotatable bonds is 6. The Morgan fingerprint density at radius 3 is 2.90 bits per heavy atom.